The zero-order chi connectivity index (χ0) is 13.3. The molecule has 1 aliphatic heterocycles. The molecule has 0 radical (unpaired) electrons. The summed E-state index contributed by atoms with van der Waals surface area (Å²) in [5, 5.41) is 0. The molecule has 1 aromatic rings. The second kappa shape index (κ2) is 5.13. The summed E-state index contributed by atoms with van der Waals surface area (Å²) >= 11 is 1.29. The number of aryl methyl sites for hydroxylation is 1. The van der Waals surface area contributed by atoms with Crippen LogP contribution in [0.4, 0.5) is 0 Å². The number of nitrogens with two attached hydrogens (primary N) is 1. The van der Waals surface area contributed by atoms with Gasteiger partial charge in [-0.05, 0) is 31.9 Å². The second-order valence-electron chi connectivity index (χ2n) is 4.54. The van der Waals surface area contributed by atoms with Crippen LogP contribution < -0.4 is 5.73 Å². The molecule has 0 saturated heterocycles. The Morgan fingerprint density at radius 1 is 1.44 bits per heavy atom. The molecule has 0 bridgehead atoms. The molecule has 4 nitrogen and oxygen atoms in total. The van der Waals surface area contributed by atoms with E-state index in [4.69, 9.17) is 5.73 Å². The van der Waals surface area contributed by atoms with E-state index in [1.54, 1.807) is 6.07 Å². The van der Waals surface area contributed by atoms with Gasteiger partial charge in [-0.1, -0.05) is 11.6 Å². The van der Waals surface area contributed by atoms with Crippen molar-refractivity contribution in [2.75, 3.05) is 13.1 Å². The number of nitrogens with zero attached hydrogens (tertiary/aromatic N) is 1. The fourth-order valence-electron chi connectivity index (χ4n) is 1.92. The van der Waals surface area contributed by atoms with Gasteiger partial charge in [0.1, 0.15) is 4.21 Å². The zero-order valence-corrected chi connectivity index (χ0v) is 12.3. The van der Waals surface area contributed by atoms with Crippen molar-refractivity contribution < 1.29 is 8.42 Å². The van der Waals surface area contributed by atoms with E-state index >= 15 is 0 Å². The standard InChI is InChI=1S/C12H18N2O2S2/c1-9-3-5-14(6-4-9)18(15,16)12-7-10(2)11(8-13)17-12/h3,7H,4-6,8,13H2,1-2H3. The molecule has 1 aromatic heterocycles. The lowest BCUT2D eigenvalue weighted by Crippen LogP contribution is -2.34. The van der Waals surface area contributed by atoms with Crippen molar-refractivity contribution in [1.82, 2.24) is 4.31 Å². The van der Waals surface area contributed by atoms with Gasteiger partial charge in [-0.3, -0.25) is 0 Å². The SMILES string of the molecule is CC1=CCN(S(=O)(=O)c2cc(C)c(CN)s2)CC1. The molecule has 0 unspecified atom stereocenters. The first-order valence-electron chi connectivity index (χ1n) is 5.90. The normalized spacial score (nSPS) is 17.8. The van der Waals surface area contributed by atoms with Crippen LogP contribution in [-0.4, -0.2) is 25.8 Å². The second-order valence-corrected chi connectivity index (χ2v) is 7.84. The zero-order valence-electron chi connectivity index (χ0n) is 10.6. The van der Waals surface area contributed by atoms with Gasteiger partial charge >= 0.3 is 0 Å². The first kappa shape index (κ1) is 13.7. The van der Waals surface area contributed by atoms with Gasteiger partial charge in [0.2, 0.25) is 0 Å². The molecule has 0 aromatic carbocycles. The predicted octanol–water partition coefficient (Wildman–Crippen LogP) is 1.86. The van der Waals surface area contributed by atoms with Crippen molar-refractivity contribution in [2.24, 2.45) is 5.73 Å². The number of thiophene rings is 1. The molecule has 0 aliphatic carbocycles. The van der Waals surface area contributed by atoms with Gasteiger partial charge in [0.25, 0.3) is 10.0 Å². The third-order valence-corrected chi connectivity index (χ3v) is 6.75. The topological polar surface area (TPSA) is 63.4 Å². The van der Waals surface area contributed by atoms with Gasteiger partial charge in [-0.25, -0.2) is 8.42 Å². The lowest BCUT2D eigenvalue weighted by atomic mass is 10.1. The molecular formula is C12H18N2O2S2. The third kappa shape index (κ3) is 2.51. The summed E-state index contributed by atoms with van der Waals surface area (Å²) < 4.78 is 26.8. The Labute approximate surface area is 112 Å². The fourth-order valence-corrected chi connectivity index (χ4v) is 4.92. The molecule has 2 heterocycles. The summed E-state index contributed by atoms with van der Waals surface area (Å²) in [6.45, 7) is 5.37. The van der Waals surface area contributed by atoms with E-state index in [0.29, 0.717) is 23.8 Å². The van der Waals surface area contributed by atoms with Crippen molar-refractivity contribution in [2.45, 2.75) is 31.0 Å². The van der Waals surface area contributed by atoms with Crippen molar-refractivity contribution in [1.29, 1.82) is 0 Å². The van der Waals surface area contributed by atoms with E-state index in [9.17, 15) is 8.42 Å². The van der Waals surface area contributed by atoms with Crippen LogP contribution in [0.1, 0.15) is 23.8 Å². The van der Waals surface area contributed by atoms with Gasteiger partial charge < -0.3 is 5.73 Å². The molecule has 2 rings (SSSR count). The predicted molar refractivity (Wildman–Crippen MR) is 74.1 cm³/mol. The average Bonchev–Trinajstić information content (AvgIpc) is 2.72. The Balaban J connectivity index is 2.30. The summed E-state index contributed by atoms with van der Waals surface area (Å²) in [5.41, 5.74) is 7.82. The molecule has 0 amide bonds. The Bertz CT molecular complexity index is 573. The molecule has 100 valence electrons. The largest absolute Gasteiger partial charge is 0.326 e. The Morgan fingerprint density at radius 3 is 2.67 bits per heavy atom. The average molecular weight is 286 g/mol. The van der Waals surface area contributed by atoms with Gasteiger partial charge in [-0.2, -0.15) is 4.31 Å². The molecule has 6 heteroatoms. The van der Waals surface area contributed by atoms with Crippen molar-refractivity contribution >= 4 is 21.4 Å². The highest BCUT2D eigenvalue weighted by atomic mass is 32.2. The molecule has 0 atom stereocenters. The molecule has 1 aliphatic rings. The van der Waals surface area contributed by atoms with Gasteiger partial charge in [0.05, 0.1) is 0 Å². The van der Waals surface area contributed by atoms with E-state index in [0.717, 1.165) is 16.9 Å². The highest BCUT2D eigenvalue weighted by molar-refractivity contribution is 7.91. The first-order valence-corrected chi connectivity index (χ1v) is 8.16. The minimum Gasteiger partial charge on any atom is -0.326 e. The van der Waals surface area contributed by atoms with E-state index in [-0.39, 0.29) is 0 Å². The quantitative estimate of drug-likeness (QED) is 0.863. The maximum Gasteiger partial charge on any atom is 0.252 e. The van der Waals surface area contributed by atoms with Gasteiger partial charge in [-0.15, -0.1) is 11.3 Å². The van der Waals surface area contributed by atoms with Crippen LogP contribution in [0.15, 0.2) is 21.9 Å². The van der Waals surface area contributed by atoms with Crippen LogP contribution >= 0.6 is 11.3 Å². The van der Waals surface area contributed by atoms with Crippen molar-refractivity contribution in [3.05, 3.63) is 28.2 Å². The Kier molecular flexibility index (Phi) is 3.91. The molecule has 18 heavy (non-hydrogen) atoms. The molecule has 0 spiro atoms. The monoisotopic (exact) mass is 286 g/mol. The van der Waals surface area contributed by atoms with E-state index in [1.165, 1.54) is 21.2 Å². The summed E-state index contributed by atoms with van der Waals surface area (Å²) in [4.78, 5) is 0.942. The lowest BCUT2D eigenvalue weighted by Gasteiger charge is -2.23. The summed E-state index contributed by atoms with van der Waals surface area (Å²) in [5.74, 6) is 0. The summed E-state index contributed by atoms with van der Waals surface area (Å²) in [6.07, 6.45) is 2.79. The van der Waals surface area contributed by atoms with Crippen molar-refractivity contribution in [3.8, 4) is 0 Å². The highest BCUT2D eigenvalue weighted by Gasteiger charge is 2.27. The minimum atomic E-state index is -3.35. The van der Waals surface area contributed by atoms with Gasteiger partial charge in [0.15, 0.2) is 0 Å². The van der Waals surface area contributed by atoms with E-state index < -0.39 is 10.0 Å². The van der Waals surface area contributed by atoms with Crippen LogP contribution in [-0.2, 0) is 16.6 Å². The Hall–Kier alpha value is -0.690. The number of hydrogen-bond donors (Lipinski definition) is 1. The number of sulfonamides is 1. The van der Waals surface area contributed by atoms with Crippen LogP contribution in [0.25, 0.3) is 0 Å². The smallest absolute Gasteiger partial charge is 0.252 e. The van der Waals surface area contributed by atoms with E-state index in [1.807, 2.05) is 19.9 Å². The Morgan fingerprint density at radius 2 is 2.17 bits per heavy atom. The van der Waals surface area contributed by atoms with Crippen LogP contribution in [0.5, 0.6) is 0 Å². The third-order valence-electron chi connectivity index (χ3n) is 3.18. The summed E-state index contributed by atoms with van der Waals surface area (Å²) in [6, 6.07) is 1.73. The van der Waals surface area contributed by atoms with E-state index in [2.05, 4.69) is 0 Å². The molecular weight excluding hydrogens is 268 g/mol. The van der Waals surface area contributed by atoms with Gasteiger partial charge in [0, 0.05) is 24.5 Å². The minimum absolute atomic E-state index is 0.394. The first-order chi connectivity index (χ1) is 8.45. The maximum atomic E-state index is 12.4. The number of rotatable bonds is 3. The molecule has 2 N–H and O–H groups in total. The molecule has 0 fully saturated rings. The summed E-state index contributed by atoms with van der Waals surface area (Å²) in [7, 11) is -3.35. The maximum absolute atomic E-state index is 12.4. The van der Waals surface area contributed by atoms with Crippen LogP contribution in [0.2, 0.25) is 0 Å². The van der Waals surface area contributed by atoms with Crippen molar-refractivity contribution in [3.63, 3.8) is 0 Å². The lowest BCUT2D eigenvalue weighted by molar-refractivity contribution is 0.433. The van der Waals surface area contributed by atoms with Crippen LogP contribution in [0.3, 0.4) is 0 Å². The van der Waals surface area contributed by atoms with Crippen LogP contribution in [0, 0.1) is 6.92 Å². The highest BCUT2D eigenvalue weighted by Crippen LogP contribution is 2.29. The molecule has 0 saturated carbocycles. The fraction of sp³-hybridized carbons (Fsp3) is 0.500. The number of hydrogen-bond acceptors (Lipinski definition) is 4.